The number of aryl methyl sites for hydroxylation is 1. The van der Waals surface area contributed by atoms with Gasteiger partial charge < -0.3 is 9.64 Å². The Morgan fingerprint density at radius 2 is 1.76 bits per heavy atom. The van der Waals surface area contributed by atoms with E-state index in [2.05, 4.69) is 23.1 Å². The molecule has 1 amide bonds. The number of amides is 1. The van der Waals surface area contributed by atoms with Crippen LogP contribution in [0.5, 0.6) is 5.75 Å². The first-order valence-electron chi connectivity index (χ1n) is 10.5. The molecule has 2 aromatic carbocycles. The number of halogens is 1. The molecule has 2 aliphatic heterocycles. The summed E-state index contributed by atoms with van der Waals surface area (Å²) in [4.78, 5) is 17.4. The smallest absolute Gasteiger partial charge is 0.240 e. The molecule has 154 valence electrons. The number of piperidine rings is 1. The number of benzene rings is 2. The van der Waals surface area contributed by atoms with E-state index in [1.54, 1.807) is 7.11 Å². The first-order chi connectivity index (χ1) is 14.0. The third-order valence-corrected chi connectivity index (χ3v) is 6.84. The minimum Gasteiger partial charge on any atom is -0.497 e. The molecule has 2 saturated heterocycles. The number of carbonyl (C=O) groups is 1. The summed E-state index contributed by atoms with van der Waals surface area (Å²) < 4.78 is 5.26. The monoisotopic (exact) mass is 412 g/mol. The Bertz CT molecular complexity index is 860. The van der Waals surface area contributed by atoms with Crippen molar-refractivity contribution >= 4 is 17.5 Å². The van der Waals surface area contributed by atoms with Crippen LogP contribution in [0.2, 0.25) is 5.02 Å². The van der Waals surface area contributed by atoms with E-state index in [0.29, 0.717) is 12.5 Å². The molecule has 4 rings (SSSR count). The van der Waals surface area contributed by atoms with E-state index in [0.717, 1.165) is 60.8 Å². The van der Waals surface area contributed by atoms with Crippen LogP contribution in [0.15, 0.2) is 42.5 Å². The highest BCUT2D eigenvalue weighted by molar-refractivity contribution is 6.31. The van der Waals surface area contributed by atoms with Crippen LogP contribution in [0.25, 0.3) is 0 Å². The quantitative estimate of drug-likeness (QED) is 0.717. The van der Waals surface area contributed by atoms with Gasteiger partial charge in [-0.1, -0.05) is 35.9 Å². The largest absolute Gasteiger partial charge is 0.497 e. The van der Waals surface area contributed by atoms with E-state index in [-0.39, 0.29) is 11.9 Å². The van der Waals surface area contributed by atoms with Crippen molar-refractivity contribution in [2.24, 2.45) is 0 Å². The number of carbonyl (C=O) groups excluding carboxylic acids is 1. The number of hydrogen-bond acceptors (Lipinski definition) is 3. The molecule has 29 heavy (non-hydrogen) atoms. The maximum absolute atomic E-state index is 13.0. The Morgan fingerprint density at radius 1 is 1.03 bits per heavy atom. The number of nitrogens with zero attached hydrogens (tertiary/aromatic N) is 2. The number of rotatable bonds is 5. The van der Waals surface area contributed by atoms with Gasteiger partial charge in [0.15, 0.2) is 0 Å². The summed E-state index contributed by atoms with van der Waals surface area (Å²) in [7, 11) is 1.70. The molecule has 4 nitrogen and oxygen atoms in total. The van der Waals surface area contributed by atoms with Gasteiger partial charge in [0.05, 0.1) is 13.2 Å². The van der Waals surface area contributed by atoms with Gasteiger partial charge in [0.1, 0.15) is 5.75 Å². The summed E-state index contributed by atoms with van der Waals surface area (Å²) in [6.45, 7) is 5.44. The van der Waals surface area contributed by atoms with Crippen LogP contribution in [-0.2, 0) is 11.3 Å². The van der Waals surface area contributed by atoms with Crippen molar-refractivity contribution in [3.63, 3.8) is 0 Å². The lowest BCUT2D eigenvalue weighted by Gasteiger charge is -2.35. The van der Waals surface area contributed by atoms with E-state index < -0.39 is 0 Å². The lowest BCUT2D eigenvalue weighted by molar-refractivity contribution is -0.133. The topological polar surface area (TPSA) is 32.8 Å². The van der Waals surface area contributed by atoms with E-state index in [9.17, 15) is 4.79 Å². The standard InChI is InChI=1S/C24H29ClN2O2/c1-17-3-4-18(15-22(17)25)16-27-14-11-23(24(27)28)26-12-9-20(10-13-26)19-5-7-21(29-2)8-6-19/h3-8,15,20,23H,9-14,16H2,1-2H3. The van der Waals surface area contributed by atoms with Crippen LogP contribution in [0.3, 0.4) is 0 Å². The Labute approximate surface area is 178 Å². The molecule has 0 bridgehead atoms. The third-order valence-electron chi connectivity index (χ3n) is 6.44. The molecule has 0 N–H and O–H groups in total. The van der Waals surface area contributed by atoms with Gasteiger partial charge in [-0.05, 0) is 80.1 Å². The van der Waals surface area contributed by atoms with E-state index in [1.807, 2.05) is 36.1 Å². The van der Waals surface area contributed by atoms with Crippen molar-refractivity contribution in [3.8, 4) is 5.75 Å². The SMILES string of the molecule is COc1ccc(C2CCN(C3CCN(Cc4ccc(C)c(Cl)c4)C3=O)CC2)cc1. The summed E-state index contributed by atoms with van der Waals surface area (Å²) in [5.41, 5.74) is 3.55. The fraction of sp³-hybridized carbons (Fsp3) is 0.458. The van der Waals surface area contributed by atoms with Gasteiger partial charge >= 0.3 is 0 Å². The Kier molecular flexibility index (Phi) is 6.12. The fourth-order valence-electron chi connectivity index (χ4n) is 4.59. The molecule has 2 fully saturated rings. The molecule has 2 aliphatic rings. The van der Waals surface area contributed by atoms with E-state index in [1.165, 1.54) is 5.56 Å². The maximum atomic E-state index is 13.0. The van der Waals surface area contributed by atoms with Crippen LogP contribution < -0.4 is 4.74 Å². The van der Waals surface area contributed by atoms with Gasteiger partial charge in [0, 0.05) is 18.1 Å². The number of hydrogen-bond donors (Lipinski definition) is 0. The predicted molar refractivity (Wildman–Crippen MR) is 117 cm³/mol. The minimum absolute atomic E-state index is 0.0349. The van der Waals surface area contributed by atoms with Gasteiger partial charge in [-0.2, -0.15) is 0 Å². The van der Waals surface area contributed by atoms with Gasteiger partial charge in [-0.25, -0.2) is 0 Å². The Hall–Kier alpha value is -2.04. The molecule has 2 aromatic rings. The average Bonchev–Trinajstić information content (AvgIpc) is 3.11. The second kappa shape index (κ2) is 8.76. The van der Waals surface area contributed by atoms with Gasteiger partial charge in [0.25, 0.3) is 0 Å². The number of likely N-dealkylation sites (tertiary alicyclic amines) is 2. The maximum Gasteiger partial charge on any atom is 0.240 e. The first-order valence-corrected chi connectivity index (χ1v) is 10.8. The third kappa shape index (κ3) is 4.44. The first kappa shape index (κ1) is 20.2. The summed E-state index contributed by atoms with van der Waals surface area (Å²) in [5.74, 6) is 1.74. The number of ether oxygens (including phenoxy) is 1. The highest BCUT2D eigenvalue weighted by atomic mass is 35.5. The van der Waals surface area contributed by atoms with Crippen molar-refractivity contribution in [2.75, 3.05) is 26.7 Å². The van der Waals surface area contributed by atoms with Crippen molar-refractivity contribution in [2.45, 2.75) is 44.7 Å². The molecule has 0 aliphatic carbocycles. The molecule has 0 aromatic heterocycles. The van der Waals surface area contributed by atoms with Crippen molar-refractivity contribution in [1.29, 1.82) is 0 Å². The molecule has 2 heterocycles. The van der Waals surface area contributed by atoms with Crippen LogP contribution in [0.4, 0.5) is 0 Å². The lowest BCUT2D eigenvalue weighted by atomic mass is 9.89. The molecule has 0 radical (unpaired) electrons. The van der Waals surface area contributed by atoms with Crippen LogP contribution in [0, 0.1) is 6.92 Å². The zero-order chi connectivity index (χ0) is 20.4. The van der Waals surface area contributed by atoms with Crippen LogP contribution in [0.1, 0.15) is 41.9 Å². The summed E-state index contributed by atoms with van der Waals surface area (Å²) in [6, 6.07) is 14.5. The van der Waals surface area contributed by atoms with Crippen molar-refractivity contribution in [1.82, 2.24) is 9.80 Å². The molecular formula is C24H29ClN2O2. The van der Waals surface area contributed by atoms with Gasteiger partial charge in [-0.3, -0.25) is 9.69 Å². The highest BCUT2D eigenvalue weighted by Gasteiger charge is 2.37. The van der Waals surface area contributed by atoms with E-state index in [4.69, 9.17) is 16.3 Å². The average molecular weight is 413 g/mol. The van der Waals surface area contributed by atoms with E-state index >= 15 is 0 Å². The van der Waals surface area contributed by atoms with Crippen molar-refractivity contribution < 1.29 is 9.53 Å². The summed E-state index contributed by atoms with van der Waals surface area (Å²) in [5, 5.41) is 0.770. The fourth-order valence-corrected chi connectivity index (χ4v) is 4.80. The second-order valence-electron chi connectivity index (χ2n) is 8.23. The molecule has 5 heteroatoms. The zero-order valence-electron chi connectivity index (χ0n) is 17.2. The normalized spacial score (nSPS) is 21.0. The Morgan fingerprint density at radius 3 is 2.41 bits per heavy atom. The highest BCUT2D eigenvalue weighted by Crippen LogP contribution is 2.32. The van der Waals surface area contributed by atoms with Crippen LogP contribution in [-0.4, -0.2) is 48.5 Å². The molecular weight excluding hydrogens is 384 g/mol. The molecule has 0 saturated carbocycles. The zero-order valence-corrected chi connectivity index (χ0v) is 18.0. The van der Waals surface area contributed by atoms with Crippen LogP contribution >= 0.6 is 11.6 Å². The van der Waals surface area contributed by atoms with Gasteiger partial charge in [0.2, 0.25) is 5.91 Å². The number of methoxy groups -OCH3 is 1. The molecule has 0 spiro atoms. The Balaban J connectivity index is 1.33. The summed E-state index contributed by atoms with van der Waals surface area (Å²) >= 11 is 6.25. The molecule has 1 unspecified atom stereocenters. The minimum atomic E-state index is 0.0349. The predicted octanol–water partition coefficient (Wildman–Crippen LogP) is 4.64. The molecule has 1 atom stereocenters. The summed E-state index contributed by atoms with van der Waals surface area (Å²) in [6.07, 6.45) is 3.12. The van der Waals surface area contributed by atoms with Gasteiger partial charge in [-0.15, -0.1) is 0 Å². The lowest BCUT2D eigenvalue weighted by Crippen LogP contribution is -2.45. The van der Waals surface area contributed by atoms with Crippen molar-refractivity contribution in [3.05, 3.63) is 64.2 Å². The second-order valence-corrected chi connectivity index (χ2v) is 8.64.